The normalized spacial score (nSPS) is 18.8. The molecule has 0 unspecified atom stereocenters. The van der Waals surface area contributed by atoms with E-state index in [1.807, 2.05) is 0 Å². The van der Waals surface area contributed by atoms with E-state index in [0.29, 0.717) is 11.8 Å². The number of aromatic nitrogens is 2. The molecule has 0 aliphatic heterocycles. The molecule has 1 fully saturated rings. The van der Waals surface area contributed by atoms with Crippen molar-refractivity contribution in [3.05, 3.63) is 11.7 Å². The van der Waals surface area contributed by atoms with Crippen LogP contribution in [-0.4, -0.2) is 10.1 Å². The molecule has 0 aromatic carbocycles. The summed E-state index contributed by atoms with van der Waals surface area (Å²) in [6.45, 7) is 2.15. The van der Waals surface area contributed by atoms with Gasteiger partial charge in [0.25, 0.3) is 0 Å². The Balaban J connectivity index is 1.93. The summed E-state index contributed by atoms with van der Waals surface area (Å²) < 4.78 is 5.19. The summed E-state index contributed by atoms with van der Waals surface area (Å²) in [6.07, 6.45) is 6.88. The van der Waals surface area contributed by atoms with Crippen LogP contribution in [0.2, 0.25) is 0 Å². The summed E-state index contributed by atoms with van der Waals surface area (Å²) in [4.78, 5) is 4.38. The van der Waals surface area contributed by atoms with Gasteiger partial charge in [-0.25, -0.2) is 0 Å². The molecule has 1 aliphatic rings. The first-order chi connectivity index (χ1) is 7.31. The van der Waals surface area contributed by atoms with Gasteiger partial charge in [-0.1, -0.05) is 31.3 Å². The lowest BCUT2D eigenvalue weighted by molar-refractivity contribution is 0.329. The molecule has 0 amide bonds. The second-order valence-electron chi connectivity index (χ2n) is 4.37. The third kappa shape index (κ3) is 2.37. The third-order valence-electron chi connectivity index (χ3n) is 3.11. The van der Waals surface area contributed by atoms with Gasteiger partial charge in [0.15, 0.2) is 5.82 Å². The van der Waals surface area contributed by atoms with Crippen molar-refractivity contribution in [3.63, 3.8) is 0 Å². The standard InChI is InChI=1S/C11H19N3O/c1-2-3-7-9(12)11-13-10(14-15-11)8-5-4-6-8/h8-9H,2-7,12H2,1H3/t9-/m0/s1. The van der Waals surface area contributed by atoms with Gasteiger partial charge in [0, 0.05) is 5.92 Å². The van der Waals surface area contributed by atoms with Gasteiger partial charge in [-0.15, -0.1) is 0 Å². The molecular formula is C11H19N3O. The zero-order chi connectivity index (χ0) is 10.7. The van der Waals surface area contributed by atoms with Crippen LogP contribution in [0.4, 0.5) is 0 Å². The molecule has 1 saturated carbocycles. The van der Waals surface area contributed by atoms with E-state index in [1.165, 1.54) is 19.3 Å². The van der Waals surface area contributed by atoms with Gasteiger partial charge in [0.05, 0.1) is 6.04 Å². The monoisotopic (exact) mass is 209 g/mol. The lowest BCUT2D eigenvalue weighted by atomic mass is 9.85. The SMILES string of the molecule is CCCC[C@H](N)c1nc(C2CCC2)no1. The van der Waals surface area contributed by atoms with Crippen molar-refractivity contribution in [1.82, 2.24) is 10.1 Å². The van der Waals surface area contributed by atoms with Crippen molar-refractivity contribution in [2.45, 2.75) is 57.4 Å². The topological polar surface area (TPSA) is 64.9 Å². The maximum absolute atomic E-state index is 5.96. The Labute approximate surface area is 90.2 Å². The van der Waals surface area contributed by atoms with Crippen molar-refractivity contribution < 1.29 is 4.52 Å². The zero-order valence-corrected chi connectivity index (χ0v) is 9.28. The van der Waals surface area contributed by atoms with Crippen LogP contribution in [0.3, 0.4) is 0 Å². The number of nitrogens with two attached hydrogens (primary N) is 1. The fourth-order valence-electron chi connectivity index (χ4n) is 1.78. The Hall–Kier alpha value is -0.900. The van der Waals surface area contributed by atoms with Crippen molar-refractivity contribution in [3.8, 4) is 0 Å². The fourth-order valence-corrected chi connectivity index (χ4v) is 1.78. The van der Waals surface area contributed by atoms with E-state index in [0.717, 1.165) is 25.1 Å². The first-order valence-corrected chi connectivity index (χ1v) is 5.90. The van der Waals surface area contributed by atoms with E-state index in [4.69, 9.17) is 10.3 Å². The highest BCUT2D eigenvalue weighted by atomic mass is 16.5. The van der Waals surface area contributed by atoms with Gasteiger partial charge in [0.2, 0.25) is 5.89 Å². The van der Waals surface area contributed by atoms with Crippen molar-refractivity contribution in [2.75, 3.05) is 0 Å². The van der Waals surface area contributed by atoms with E-state index in [1.54, 1.807) is 0 Å². The maximum Gasteiger partial charge on any atom is 0.243 e. The zero-order valence-electron chi connectivity index (χ0n) is 9.28. The Morgan fingerprint density at radius 1 is 1.53 bits per heavy atom. The van der Waals surface area contributed by atoms with Crippen LogP contribution < -0.4 is 5.73 Å². The summed E-state index contributed by atoms with van der Waals surface area (Å²) >= 11 is 0. The van der Waals surface area contributed by atoms with Gasteiger partial charge >= 0.3 is 0 Å². The van der Waals surface area contributed by atoms with Crippen LogP contribution in [-0.2, 0) is 0 Å². The van der Waals surface area contributed by atoms with Gasteiger partial charge < -0.3 is 10.3 Å². The average molecular weight is 209 g/mol. The molecule has 1 aromatic rings. The van der Waals surface area contributed by atoms with Crippen molar-refractivity contribution in [1.29, 1.82) is 0 Å². The first-order valence-electron chi connectivity index (χ1n) is 5.90. The molecule has 2 N–H and O–H groups in total. The first kappa shape index (κ1) is 10.6. The smallest absolute Gasteiger partial charge is 0.243 e. The molecule has 15 heavy (non-hydrogen) atoms. The van der Waals surface area contributed by atoms with Gasteiger partial charge in [0.1, 0.15) is 0 Å². The molecule has 0 spiro atoms. The minimum absolute atomic E-state index is 0.0775. The van der Waals surface area contributed by atoms with Crippen molar-refractivity contribution in [2.24, 2.45) is 5.73 Å². The van der Waals surface area contributed by atoms with Crippen LogP contribution in [0, 0.1) is 0 Å². The minimum Gasteiger partial charge on any atom is -0.338 e. The molecule has 84 valence electrons. The predicted octanol–water partition coefficient (Wildman–Crippen LogP) is 2.53. The molecule has 1 aromatic heterocycles. The summed E-state index contributed by atoms with van der Waals surface area (Å²) in [5, 5.41) is 4.00. The number of hydrogen-bond acceptors (Lipinski definition) is 4. The van der Waals surface area contributed by atoms with Crippen LogP contribution in [0.5, 0.6) is 0 Å². The minimum atomic E-state index is -0.0775. The number of unbranched alkanes of at least 4 members (excludes halogenated alkanes) is 1. The molecule has 1 heterocycles. The molecule has 2 rings (SSSR count). The maximum atomic E-state index is 5.96. The van der Waals surface area contributed by atoms with E-state index in [9.17, 15) is 0 Å². The summed E-state index contributed by atoms with van der Waals surface area (Å²) in [7, 11) is 0. The van der Waals surface area contributed by atoms with Gasteiger partial charge in [-0.05, 0) is 19.3 Å². The molecule has 4 nitrogen and oxygen atoms in total. The van der Waals surface area contributed by atoms with Crippen LogP contribution in [0.1, 0.15) is 69.1 Å². The molecule has 1 aliphatic carbocycles. The van der Waals surface area contributed by atoms with Crippen molar-refractivity contribution >= 4 is 0 Å². The second kappa shape index (κ2) is 4.75. The molecule has 1 atom stereocenters. The molecule has 0 radical (unpaired) electrons. The average Bonchev–Trinajstić information content (AvgIpc) is 2.60. The molecule has 4 heteroatoms. The fraction of sp³-hybridized carbons (Fsp3) is 0.818. The summed E-state index contributed by atoms with van der Waals surface area (Å²) in [5.41, 5.74) is 5.96. The van der Waals surface area contributed by atoms with Gasteiger partial charge in [-0.2, -0.15) is 4.98 Å². The van der Waals surface area contributed by atoms with Crippen LogP contribution in [0.15, 0.2) is 4.52 Å². The Bertz CT molecular complexity index is 307. The summed E-state index contributed by atoms with van der Waals surface area (Å²) in [5.74, 6) is 2.01. The van der Waals surface area contributed by atoms with E-state index < -0.39 is 0 Å². The van der Waals surface area contributed by atoms with Crippen LogP contribution in [0.25, 0.3) is 0 Å². The Morgan fingerprint density at radius 2 is 2.33 bits per heavy atom. The number of rotatable bonds is 5. The summed E-state index contributed by atoms with van der Waals surface area (Å²) in [6, 6.07) is -0.0775. The lowest BCUT2D eigenvalue weighted by Gasteiger charge is -2.21. The highest BCUT2D eigenvalue weighted by Crippen LogP contribution is 2.34. The quantitative estimate of drug-likeness (QED) is 0.809. The highest BCUT2D eigenvalue weighted by Gasteiger charge is 2.25. The van der Waals surface area contributed by atoms with Gasteiger partial charge in [-0.3, -0.25) is 0 Å². The molecule has 0 saturated heterocycles. The Kier molecular flexibility index (Phi) is 3.36. The van der Waals surface area contributed by atoms with Crippen LogP contribution >= 0.6 is 0 Å². The predicted molar refractivity (Wildman–Crippen MR) is 57.3 cm³/mol. The molecule has 0 bridgehead atoms. The van der Waals surface area contributed by atoms with E-state index >= 15 is 0 Å². The third-order valence-corrected chi connectivity index (χ3v) is 3.11. The number of hydrogen-bond donors (Lipinski definition) is 1. The second-order valence-corrected chi connectivity index (χ2v) is 4.37. The lowest BCUT2D eigenvalue weighted by Crippen LogP contribution is -2.13. The van der Waals surface area contributed by atoms with E-state index in [-0.39, 0.29) is 6.04 Å². The highest BCUT2D eigenvalue weighted by molar-refractivity contribution is 5.01. The number of nitrogens with zero attached hydrogens (tertiary/aromatic N) is 2. The Morgan fingerprint density at radius 3 is 2.93 bits per heavy atom. The van der Waals surface area contributed by atoms with E-state index in [2.05, 4.69) is 17.1 Å². The largest absolute Gasteiger partial charge is 0.338 e. The molecular weight excluding hydrogens is 190 g/mol.